The Kier molecular flexibility index (Phi) is 6.88. The summed E-state index contributed by atoms with van der Waals surface area (Å²) < 4.78 is 12.9. The summed E-state index contributed by atoms with van der Waals surface area (Å²) in [7, 11) is 0. The van der Waals surface area contributed by atoms with E-state index in [0.29, 0.717) is 26.3 Å². The van der Waals surface area contributed by atoms with Crippen LogP contribution in [-0.2, 0) is 16.1 Å². The average Bonchev–Trinajstić information content (AvgIpc) is 2.65. The second-order valence-corrected chi connectivity index (χ2v) is 7.66. The Hall–Kier alpha value is -1.89. The fraction of sp³-hybridized carbons (Fsp3) is 0.381. The van der Waals surface area contributed by atoms with E-state index in [1.807, 2.05) is 36.4 Å². The second kappa shape index (κ2) is 9.35. The van der Waals surface area contributed by atoms with Gasteiger partial charge in [0.25, 0.3) is 0 Å². The highest BCUT2D eigenvalue weighted by atomic mass is 79.9. The van der Waals surface area contributed by atoms with Gasteiger partial charge in [-0.2, -0.15) is 0 Å². The molecule has 0 saturated carbocycles. The number of carboxylic acid groups (broad SMARTS) is 1. The van der Waals surface area contributed by atoms with Crippen LogP contribution >= 0.6 is 15.9 Å². The molecule has 1 N–H and O–H groups in total. The molecule has 1 saturated heterocycles. The zero-order valence-corrected chi connectivity index (χ0v) is 16.9. The first-order valence-corrected chi connectivity index (χ1v) is 9.84. The highest BCUT2D eigenvalue weighted by molar-refractivity contribution is 9.10. The molecule has 3 rings (SSSR count). The molecule has 1 aliphatic heterocycles. The van der Waals surface area contributed by atoms with Crippen molar-refractivity contribution in [1.82, 2.24) is 4.90 Å². The summed E-state index contributed by atoms with van der Waals surface area (Å²) in [4.78, 5) is 12.9. The molecule has 0 aliphatic carbocycles. The molecule has 1 atom stereocenters. The molecule has 0 bridgehead atoms. The summed E-state index contributed by atoms with van der Waals surface area (Å²) in [6.45, 7) is 5.23. The molecule has 1 fully saturated rings. The van der Waals surface area contributed by atoms with E-state index in [1.54, 1.807) is 0 Å². The summed E-state index contributed by atoms with van der Waals surface area (Å²) in [6, 6.07) is 14.1. The van der Waals surface area contributed by atoms with Crippen LogP contribution in [0.1, 0.15) is 29.2 Å². The van der Waals surface area contributed by atoms with Crippen LogP contribution in [0.25, 0.3) is 0 Å². The molecule has 6 heteroatoms. The van der Waals surface area contributed by atoms with Crippen LogP contribution in [0.5, 0.6) is 5.75 Å². The van der Waals surface area contributed by atoms with Gasteiger partial charge in [-0.05, 0) is 47.9 Å². The van der Waals surface area contributed by atoms with E-state index in [-0.39, 0.29) is 12.5 Å². The summed E-state index contributed by atoms with van der Waals surface area (Å²) in [5.74, 6) is 0.0657. The molecular formula is C21H24BrNO4. The highest BCUT2D eigenvalue weighted by Crippen LogP contribution is 2.28. The first-order chi connectivity index (χ1) is 13.0. The number of carboxylic acids is 1. The fourth-order valence-electron chi connectivity index (χ4n) is 3.24. The van der Waals surface area contributed by atoms with Crippen molar-refractivity contribution in [3.8, 4) is 5.75 Å². The Morgan fingerprint density at radius 2 is 2.19 bits per heavy atom. The van der Waals surface area contributed by atoms with Crippen LogP contribution in [0.3, 0.4) is 0 Å². The van der Waals surface area contributed by atoms with Gasteiger partial charge in [-0.25, -0.2) is 0 Å². The first kappa shape index (κ1) is 19.9. The maximum atomic E-state index is 10.8. The molecular weight excluding hydrogens is 410 g/mol. The van der Waals surface area contributed by atoms with Gasteiger partial charge >= 0.3 is 5.97 Å². The van der Waals surface area contributed by atoms with Crippen molar-refractivity contribution < 1.29 is 19.4 Å². The quantitative estimate of drug-likeness (QED) is 0.709. The van der Waals surface area contributed by atoms with E-state index in [2.05, 4.69) is 33.8 Å². The maximum absolute atomic E-state index is 10.8. The van der Waals surface area contributed by atoms with Crippen molar-refractivity contribution in [1.29, 1.82) is 0 Å². The van der Waals surface area contributed by atoms with Crippen molar-refractivity contribution in [3.63, 3.8) is 0 Å². The minimum atomic E-state index is -0.763. The van der Waals surface area contributed by atoms with Crippen LogP contribution in [0.2, 0.25) is 0 Å². The Morgan fingerprint density at radius 1 is 1.33 bits per heavy atom. The van der Waals surface area contributed by atoms with Crippen molar-refractivity contribution >= 4 is 21.9 Å². The lowest BCUT2D eigenvalue weighted by molar-refractivity contribution is -0.137. The number of benzene rings is 2. The van der Waals surface area contributed by atoms with Crippen molar-refractivity contribution in [2.45, 2.75) is 26.1 Å². The Labute approximate surface area is 168 Å². The number of nitrogens with zero attached hydrogens (tertiary/aromatic N) is 1. The van der Waals surface area contributed by atoms with Crippen LogP contribution in [-0.4, -0.2) is 42.2 Å². The predicted molar refractivity (Wildman–Crippen MR) is 107 cm³/mol. The number of aliphatic carboxylic acids is 1. The third-order valence-corrected chi connectivity index (χ3v) is 5.17. The number of halogens is 1. The van der Waals surface area contributed by atoms with Crippen molar-refractivity contribution in [2.24, 2.45) is 0 Å². The van der Waals surface area contributed by atoms with E-state index in [9.17, 15) is 4.79 Å². The van der Waals surface area contributed by atoms with E-state index >= 15 is 0 Å². The van der Waals surface area contributed by atoms with E-state index in [0.717, 1.165) is 33.5 Å². The van der Waals surface area contributed by atoms with Gasteiger partial charge in [0.2, 0.25) is 0 Å². The lowest BCUT2D eigenvalue weighted by atomic mass is 10.0. The molecule has 27 heavy (non-hydrogen) atoms. The largest absolute Gasteiger partial charge is 0.489 e. The molecule has 5 nitrogen and oxygen atoms in total. The maximum Gasteiger partial charge on any atom is 0.304 e. The van der Waals surface area contributed by atoms with Gasteiger partial charge < -0.3 is 14.6 Å². The van der Waals surface area contributed by atoms with Gasteiger partial charge in [-0.15, -0.1) is 0 Å². The smallest absolute Gasteiger partial charge is 0.304 e. The van der Waals surface area contributed by atoms with E-state index in [1.165, 1.54) is 0 Å². The molecule has 144 valence electrons. The topological polar surface area (TPSA) is 59.0 Å². The third kappa shape index (κ3) is 5.79. The van der Waals surface area contributed by atoms with Gasteiger partial charge in [0, 0.05) is 24.1 Å². The number of morpholine rings is 1. The van der Waals surface area contributed by atoms with Crippen molar-refractivity contribution in [3.05, 3.63) is 63.6 Å². The molecule has 0 spiro atoms. The standard InChI is InChI=1S/C21H24BrNO4/c1-15-11-18(27-14-16-3-2-4-17(22)12-16)5-6-19(15)20-13-23(9-10-26-20)8-7-21(24)25/h2-6,11-12,20H,7-10,13-14H2,1H3,(H,24,25). The lowest BCUT2D eigenvalue weighted by Crippen LogP contribution is -2.39. The van der Waals surface area contributed by atoms with E-state index in [4.69, 9.17) is 14.6 Å². The molecule has 2 aromatic rings. The zero-order valence-electron chi connectivity index (χ0n) is 15.4. The number of hydrogen-bond donors (Lipinski definition) is 1. The number of hydrogen-bond acceptors (Lipinski definition) is 4. The Balaban J connectivity index is 1.61. The third-order valence-electron chi connectivity index (χ3n) is 4.68. The van der Waals surface area contributed by atoms with Crippen LogP contribution in [0, 0.1) is 6.92 Å². The highest BCUT2D eigenvalue weighted by Gasteiger charge is 2.23. The number of aryl methyl sites for hydroxylation is 1. The van der Waals surface area contributed by atoms with Gasteiger partial charge in [-0.1, -0.05) is 34.1 Å². The Morgan fingerprint density at radius 3 is 2.93 bits per heavy atom. The normalized spacial score (nSPS) is 17.6. The van der Waals surface area contributed by atoms with Gasteiger partial charge in [0.1, 0.15) is 12.4 Å². The monoisotopic (exact) mass is 433 g/mol. The fourth-order valence-corrected chi connectivity index (χ4v) is 3.69. The average molecular weight is 434 g/mol. The molecule has 1 aliphatic rings. The van der Waals surface area contributed by atoms with Crippen molar-refractivity contribution in [2.75, 3.05) is 26.2 Å². The molecule has 0 radical (unpaired) electrons. The molecule has 1 heterocycles. The lowest BCUT2D eigenvalue weighted by Gasteiger charge is -2.33. The molecule has 2 aromatic carbocycles. The van der Waals surface area contributed by atoms with Crippen LogP contribution < -0.4 is 4.74 Å². The minimum absolute atomic E-state index is 0.0355. The van der Waals surface area contributed by atoms with Gasteiger partial charge in [0.15, 0.2) is 0 Å². The Bertz CT molecular complexity index is 796. The summed E-state index contributed by atoms with van der Waals surface area (Å²) in [6.07, 6.45) is 0.125. The van der Waals surface area contributed by atoms with Gasteiger partial charge in [-0.3, -0.25) is 9.69 Å². The summed E-state index contributed by atoms with van der Waals surface area (Å²) in [5, 5.41) is 8.88. The zero-order chi connectivity index (χ0) is 19.2. The SMILES string of the molecule is Cc1cc(OCc2cccc(Br)c2)ccc1C1CN(CCC(=O)O)CCO1. The first-order valence-electron chi connectivity index (χ1n) is 9.05. The second-order valence-electron chi connectivity index (χ2n) is 6.74. The predicted octanol–water partition coefficient (Wildman–Crippen LogP) is 4.18. The summed E-state index contributed by atoms with van der Waals surface area (Å²) in [5.41, 5.74) is 3.35. The number of ether oxygens (including phenoxy) is 2. The molecule has 0 amide bonds. The van der Waals surface area contributed by atoms with Gasteiger partial charge in [0.05, 0.1) is 19.1 Å². The number of carbonyl (C=O) groups is 1. The minimum Gasteiger partial charge on any atom is -0.489 e. The van der Waals surface area contributed by atoms with Crippen LogP contribution in [0.15, 0.2) is 46.9 Å². The molecule has 0 aromatic heterocycles. The summed E-state index contributed by atoms with van der Waals surface area (Å²) >= 11 is 3.47. The number of rotatable bonds is 7. The van der Waals surface area contributed by atoms with E-state index < -0.39 is 5.97 Å². The molecule has 1 unspecified atom stereocenters. The van der Waals surface area contributed by atoms with Crippen LogP contribution in [0.4, 0.5) is 0 Å².